The minimum Gasteiger partial charge on any atom is -0.392 e. The average molecular weight is 302 g/mol. The first-order valence-corrected chi connectivity index (χ1v) is 7.98. The number of allylic oxidation sites excluding steroid dienone is 8. The zero-order valence-corrected chi connectivity index (χ0v) is 14.6. The Kier molecular flexibility index (Phi) is 7.05. The van der Waals surface area contributed by atoms with Crippen LogP contribution in [-0.4, -0.2) is 22.9 Å². The zero-order chi connectivity index (χ0) is 16.8. The summed E-state index contributed by atoms with van der Waals surface area (Å²) < 4.78 is 0. The molecule has 0 spiro atoms. The van der Waals surface area contributed by atoms with Crippen LogP contribution < -0.4 is 0 Å². The molecule has 1 aliphatic carbocycles. The number of aliphatic hydroxyl groups excluding tert-OH is 2. The molecular weight excluding hydrogens is 272 g/mol. The molecule has 1 unspecified atom stereocenters. The molecule has 2 heteroatoms. The minimum atomic E-state index is -0.272. The smallest absolute Gasteiger partial charge is 0.0634 e. The van der Waals surface area contributed by atoms with E-state index in [1.807, 2.05) is 25.2 Å². The van der Waals surface area contributed by atoms with Gasteiger partial charge in [-0.25, -0.2) is 0 Å². The molecule has 0 aromatic rings. The topological polar surface area (TPSA) is 40.5 Å². The first kappa shape index (κ1) is 18.7. The number of aliphatic hydroxyl groups is 2. The summed E-state index contributed by atoms with van der Waals surface area (Å²) in [5.41, 5.74) is 4.64. The summed E-state index contributed by atoms with van der Waals surface area (Å²) in [7, 11) is 0. The zero-order valence-electron chi connectivity index (χ0n) is 14.6. The van der Waals surface area contributed by atoms with Gasteiger partial charge in [-0.3, -0.25) is 0 Å². The predicted molar refractivity (Wildman–Crippen MR) is 94.6 cm³/mol. The van der Waals surface area contributed by atoms with Gasteiger partial charge in [0.2, 0.25) is 0 Å². The van der Waals surface area contributed by atoms with Crippen molar-refractivity contribution in [3.8, 4) is 0 Å². The van der Waals surface area contributed by atoms with Crippen molar-refractivity contribution >= 4 is 0 Å². The van der Waals surface area contributed by atoms with Crippen molar-refractivity contribution in [3.63, 3.8) is 0 Å². The molecule has 1 atom stereocenters. The van der Waals surface area contributed by atoms with Gasteiger partial charge in [-0.15, -0.1) is 0 Å². The van der Waals surface area contributed by atoms with Crippen LogP contribution in [0.4, 0.5) is 0 Å². The van der Waals surface area contributed by atoms with Crippen LogP contribution in [-0.2, 0) is 0 Å². The largest absolute Gasteiger partial charge is 0.392 e. The average Bonchev–Trinajstić information content (AvgIpc) is 2.43. The standard InChI is InChI=1S/C20H30O2/c1-15(7-6-8-16(2)13-14-21)9-11-18-17(3)10-12-19(22)20(18,4)5/h6-9,11,13,19,21-22H,10,12,14H2,1-5H3/b8-6+,11-9+,15-7+,16-13+. The van der Waals surface area contributed by atoms with Gasteiger partial charge >= 0.3 is 0 Å². The molecule has 0 saturated heterocycles. The number of rotatable bonds is 5. The predicted octanol–water partition coefficient (Wildman–Crippen LogP) is 4.48. The van der Waals surface area contributed by atoms with Crippen LogP contribution in [0.3, 0.4) is 0 Å². The van der Waals surface area contributed by atoms with Crippen molar-refractivity contribution in [2.24, 2.45) is 5.41 Å². The van der Waals surface area contributed by atoms with Crippen molar-refractivity contribution in [2.45, 2.75) is 53.6 Å². The Morgan fingerprint density at radius 1 is 1.23 bits per heavy atom. The normalized spacial score (nSPS) is 23.9. The fourth-order valence-electron chi connectivity index (χ4n) is 2.77. The molecule has 2 nitrogen and oxygen atoms in total. The van der Waals surface area contributed by atoms with E-state index in [0.29, 0.717) is 0 Å². The second kappa shape index (κ2) is 8.30. The summed E-state index contributed by atoms with van der Waals surface area (Å²) in [4.78, 5) is 0. The highest BCUT2D eigenvalue weighted by atomic mass is 16.3. The van der Waals surface area contributed by atoms with Gasteiger partial charge in [-0.05, 0) is 39.2 Å². The van der Waals surface area contributed by atoms with Crippen molar-refractivity contribution in [1.29, 1.82) is 0 Å². The lowest BCUT2D eigenvalue weighted by molar-refractivity contribution is 0.0607. The second-order valence-corrected chi connectivity index (χ2v) is 6.70. The molecule has 0 heterocycles. The van der Waals surface area contributed by atoms with E-state index in [9.17, 15) is 5.11 Å². The molecule has 0 aromatic heterocycles. The van der Waals surface area contributed by atoms with Crippen molar-refractivity contribution in [1.82, 2.24) is 0 Å². The Balaban J connectivity index is 2.84. The Bertz CT molecular complexity index is 528. The highest BCUT2D eigenvalue weighted by molar-refractivity contribution is 5.38. The highest BCUT2D eigenvalue weighted by Gasteiger charge is 2.34. The second-order valence-electron chi connectivity index (χ2n) is 6.70. The minimum absolute atomic E-state index is 0.0730. The van der Waals surface area contributed by atoms with E-state index in [-0.39, 0.29) is 18.1 Å². The molecule has 0 fully saturated rings. The van der Waals surface area contributed by atoms with Gasteiger partial charge in [-0.1, -0.05) is 67.0 Å². The fraction of sp³-hybridized carbons (Fsp3) is 0.500. The van der Waals surface area contributed by atoms with E-state index in [0.717, 1.165) is 24.0 Å². The van der Waals surface area contributed by atoms with Gasteiger partial charge in [0.15, 0.2) is 0 Å². The highest BCUT2D eigenvalue weighted by Crippen LogP contribution is 2.41. The van der Waals surface area contributed by atoms with Crippen LogP contribution in [0.15, 0.2) is 58.7 Å². The summed E-state index contributed by atoms with van der Waals surface area (Å²) in [5, 5.41) is 19.0. The Labute approximate surface area is 135 Å². The van der Waals surface area contributed by atoms with E-state index < -0.39 is 0 Å². The van der Waals surface area contributed by atoms with E-state index in [1.165, 1.54) is 11.1 Å². The third kappa shape index (κ3) is 5.11. The lowest BCUT2D eigenvalue weighted by Crippen LogP contribution is -2.34. The molecule has 22 heavy (non-hydrogen) atoms. The van der Waals surface area contributed by atoms with Gasteiger partial charge < -0.3 is 10.2 Å². The molecule has 0 aliphatic heterocycles. The van der Waals surface area contributed by atoms with Gasteiger partial charge in [0.25, 0.3) is 0 Å². The summed E-state index contributed by atoms with van der Waals surface area (Å²) in [6.07, 6.45) is 13.6. The first-order chi connectivity index (χ1) is 10.3. The maximum Gasteiger partial charge on any atom is 0.0634 e. The SMILES string of the molecule is CC1=C(/C=C/C(C)=C/C=C/C(C)=C/CO)C(C)(C)C(O)CC1. The van der Waals surface area contributed by atoms with Crippen molar-refractivity contribution < 1.29 is 10.2 Å². The van der Waals surface area contributed by atoms with Crippen LogP contribution in [0.5, 0.6) is 0 Å². The molecule has 0 radical (unpaired) electrons. The van der Waals surface area contributed by atoms with Gasteiger partial charge in [0.1, 0.15) is 0 Å². The van der Waals surface area contributed by atoms with Crippen molar-refractivity contribution in [2.75, 3.05) is 6.61 Å². The molecule has 0 amide bonds. The molecule has 1 aliphatic rings. The molecule has 2 N–H and O–H groups in total. The lowest BCUT2D eigenvalue weighted by atomic mass is 9.70. The van der Waals surface area contributed by atoms with E-state index in [4.69, 9.17) is 5.11 Å². The van der Waals surface area contributed by atoms with Gasteiger partial charge in [0, 0.05) is 5.41 Å². The quantitative estimate of drug-likeness (QED) is 0.735. The van der Waals surface area contributed by atoms with Crippen LogP contribution >= 0.6 is 0 Å². The van der Waals surface area contributed by atoms with Gasteiger partial charge in [-0.2, -0.15) is 0 Å². The molecule has 0 aromatic carbocycles. The van der Waals surface area contributed by atoms with Crippen LogP contribution in [0.2, 0.25) is 0 Å². The van der Waals surface area contributed by atoms with E-state index >= 15 is 0 Å². The summed E-state index contributed by atoms with van der Waals surface area (Å²) in [6, 6.07) is 0. The fourth-order valence-corrected chi connectivity index (χ4v) is 2.77. The Morgan fingerprint density at radius 3 is 2.55 bits per heavy atom. The Hall–Kier alpha value is -1.38. The monoisotopic (exact) mass is 302 g/mol. The van der Waals surface area contributed by atoms with E-state index in [1.54, 1.807) is 6.08 Å². The first-order valence-electron chi connectivity index (χ1n) is 7.98. The maximum absolute atomic E-state index is 10.2. The summed E-state index contributed by atoms with van der Waals surface area (Å²) in [6.45, 7) is 10.5. The Morgan fingerprint density at radius 2 is 1.91 bits per heavy atom. The van der Waals surface area contributed by atoms with Crippen LogP contribution in [0.25, 0.3) is 0 Å². The van der Waals surface area contributed by atoms with Crippen LogP contribution in [0, 0.1) is 5.41 Å². The molecular formula is C20H30O2. The van der Waals surface area contributed by atoms with Crippen molar-refractivity contribution in [3.05, 3.63) is 58.7 Å². The van der Waals surface area contributed by atoms with Crippen LogP contribution in [0.1, 0.15) is 47.5 Å². The number of hydrogen-bond acceptors (Lipinski definition) is 2. The number of hydrogen-bond donors (Lipinski definition) is 2. The molecule has 0 bridgehead atoms. The van der Waals surface area contributed by atoms with E-state index in [2.05, 4.69) is 39.8 Å². The maximum atomic E-state index is 10.2. The molecule has 1 rings (SSSR count). The van der Waals surface area contributed by atoms with Gasteiger partial charge in [0.05, 0.1) is 12.7 Å². The summed E-state index contributed by atoms with van der Waals surface area (Å²) >= 11 is 0. The molecule has 122 valence electrons. The third-order valence-corrected chi connectivity index (χ3v) is 4.42. The molecule has 0 saturated carbocycles. The third-order valence-electron chi connectivity index (χ3n) is 4.42. The summed E-state index contributed by atoms with van der Waals surface area (Å²) in [5.74, 6) is 0. The lowest BCUT2D eigenvalue weighted by Gasteiger charge is -2.37.